The van der Waals surface area contributed by atoms with Crippen LogP contribution in [0.3, 0.4) is 0 Å². The third-order valence-electron chi connectivity index (χ3n) is 6.27. The number of rotatable bonds is 14. The molecule has 2 aromatic rings. The van der Waals surface area contributed by atoms with Gasteiger partial charge >= 0.3 is 29.2 Å². The highest BCUT2D eigenvalue weighted by molar-refractivity contribution is 7.66. The maximum absolute atomic E-state index is 12.6. The van der Waals surface area contributed by atoms with Crippen LogP contribution in [-0.2, 0) is 42.9 Å². The average Bonchev–Trinajstić information content (AvgIpc) is 3.29. The molecule has 1 aromatic heterocycles. The summed E-state index contributed by atoms with van der Waals surface area (Å²) in [4.78, 5) is 74.7. The van der Waals surface area contributed by atoms with Crippen molar-refractivity contribution in [2.24, 2.45) is 11.7 Å². The number of nitro groups is 1. The third-order valence-corrected chi connectivity index (χ3v) is 10.1. The fourth-order valence-electron chi connectivity index (χ4n) is 4.34. The van der Waals surface area contributed by atoms with Gasteiger partial charge in [0.2, 0.25) is 0 Å². The van der Waals surface area contributed by atoms with Gasteiger partial charge in [0, 0.05) is 24.2 Å². The van der Waals surface area contributed by atoms with Crippen LogP contribution in [-0.4, -0.2) is 64.5 Å². The molecule has 1 saturated heterocycles. The maximum atomic E-state index is 12.6. The van der Waals surface area contributed by atoms with E-state index in [1.807, 2.05) is 0 Å². The summed E-state index contributed by atoms with van der Waals surface area (Å²) < 4.78 is 58.3. The molecule has 47 heavy (non-hydrogen) atoms. The molecule has 1 aliphatic rings. The molecule has 0 amide bonds. The lowest BCUT2D eigenvalue weighted by Crippen LogP contribution is -2.34. The quantitative estimate of drug-likeness (QED) is 0.0608. The zero-order valence-corrected chi connectivity index (χ0v) is 27.2. The Labute approximate surface area is 264 Å². The predicted octanol–water partition coefficient (Wildman–Crippen LogP) is 0.661. The molecule has 0 saturated carbocycles. The Morgan fingerprint density at radius 3 is 2.45 bits per heavy atom. The molecule has 2 unspecified atom stereocenters. The Morgan fingerprint density at radius 1 is 1.17 bits per heavy atom. The number of phosphoric acid groups is 3. The number of hydrogen-bond acceptors (Lipinski definition) is 14. The smallest absolute Gasteiger partial charge is 0.390 e. The van der Waals surface area contributed by atoms with E-state index in [2.05, 4.69) is 30.0 Å². The number of aromatic nitrogens is 2. The van der Waals surface area contributed by atoms with Gasteiger partial charge in [0.25, 0.3) is 11.2 Å². The molecule has 0 radical (unpaired) electrons. The molecule has 2 heterocycles. The van der Waals surface area contributed by atoms with Gasteiger partial charge in [-0.1, -0.05) is 25.7 Å². The first-order valence-electron chi connectivity index (χ1n) is 13.3. The number of aliphatic hydroxyl groups is 1. The molecule has 1 fully saturated rings. The van der Waals surface area contributed by atoms with Crippen molar-refractivity contribution in [1.82, 2.24) is 9.55 Å². The van der Waals surface area contributed by atoms with E-state index in [0.717, 1.165) is 10.8 Å². The van der Waals surface area contributed by atoms with Crippen molar-refractivity contribution >= 4 is 29.2 Å². The van der Waals surface area contributed by atoms with E-state index in [1.165, 1.54) is 12.1 Å². The molecule has 21 nitrogen and oxygen atoms in total. The molecular formula is C23H31N4O17P3. The van der Waals surface area contributed by atoms with Gasteiger partial charge in [0.15, 0.2) is 0 Å². The fraction of sp³-hybridized carbons (Fsp3) is 0.478. The van der Waals surface area contributed by atoms with E-state index in [0.29, 0.717) is 5.56 Å². The summed E-state index contributed by atoms with van der Waals surface area (Å²) in [7, 11) is -16.9. The number of nitrogens with two attached hydrogens (primary N) is 1. The molecule has 24 heteroatoms. The first-order chi connectivity index (χ1) is 21.7. The molecule has 260 valence electrons. The van der Waals surface area contributed by atoms with Gasteiger partial charge in [-0.15, -0.1) is 0 Å². The topological polar surface area (TPSA) is 323 Å². The molecule has 0 aliphatic carbocycles. The third kappa shape index (κ3) is 11.1. The number of nitrogens with zero attached hydrogens (tertiary/aromatic N) is 2. The Bertz CT molecular complexity index is 1790. The van der Waals surface area contributed by atoms with Gasteiger partial charge in [-0.3, -0.25) is 29.0 Å². The van der Waals surface area contributed by atoms with Crippen LogP contribution in [0.15, 0.2) is 34.0 Å². The Balaban J connectivity index is 1.76. The highest BCUT2D eigenvalue weighted by Crippen LogP contribution is 2.66. The normalized spacial score (nSPS) is 21.4. The summed E-state index contributed by atoms with van der Waals surface area (Å²) in [5.41, 5.74) is 3.71. The van der Waals surface area contributed by atoms with Crippen molar-refractivity contribution in [1.29, 1.82) is 0 Å². The number of ether oxygens (including phenoxy) is 2. The van der Waals surface area contributed by atoms with Crippen molar-refractivity contribution in [3.8, 4) is 11.8 Å². The van der Waals surface area contributed by atoms with E-state index in [9.17, 15) is 48.3 Å². The number of nitrogens with one attached hydrogen (secondary N) is 1. The monoisotopic (exact) mass is 728 g/mol. The van der Waals surface area contributed by atoms with Gasteiger partial charge < -0.3 is 39.9 Å². The fourth-order valence-corrected chi connectivity index (χ4v) is 7.37. The summed E-state index contributed by atoms with van der Waals surface area (Å²) in [6, 6.07) is 4.30. The Morgan fingerprint density at radius 2 is 1.85 bits per heavy atom. The first-order valence-corrected chi connectivity index (χ1v) is 17.8. The summed E-state index contributed by atoms with van der Waals surface area (Å²) >= 11 is 0. The van der Waals surface area contributed by atoms with Gasteiger partial charge in [-0.25, -0.2) is 18.5 Å². The number of nitro benzene ring substituents is 1. The number of aliphatic hydroxyl groups excluding tert-OH is 1. The van der Waals surface area contributed by atoms with Crippen LogP contribution in [0.1, 0.15) is 49.3 Å². The van der Waals surface area contributed by atoms with Crippen molar-refractivity contribution in [2.45, 2.75) is 51.4 Å². The Hall–Kier alpha value is -2.89. The van der Waals surface area contributed by atoms with Gasteiger partial charge in [-0.2, -0.15) is 8.62 Å². The van der Waals surface area contributed by atoms with Crippen LogP contribution in [0.5, 0.6) is 0 Å². The van der Waals surface area contributed by atoms with Crippen molar-refractivity contribution in [3.63, 3.8) is 0 Å². The minimum absolute atomic E-state index is 0.0531. The van der Waals surface area contributed by atoms with Gasteiger partial charge in [0.1, 0.15) is 12.3 Å². The van der Waals surface area contributed by atoms with E-state index >= 15 is 0 Å². The van der Waals surface area contributed by atoms with Crippen LogP contribution < -0.4 is 17.0 Å². The summed E-state index contributed by atoms with van der Waals surface area (Å²) in [5, 5.41) is 22.2. The number of aromatic amines is 1. The number of benzene rings is 1. The molecule has 1 aliphatic heterocycles. The highest BCUT2D eigenvalue weighted by atomic mass is 31.3. The van der Waals surface area contributed by atoms with Crippen LogP contribution >= 0.6 is 23.5 Å². The second-order valence-corrected chi connectivity index (χ2v) is 14.6. The van der Waals surface area contributed by atoms with E-state index < -0.39 is 77.4 Å². The van der Waals surface area contributed by atoms with Crippen molar-refractivity contribution < 1.29 is 65.9 Å². The molecule has 0 spiro atoms. The molecular weight excluding hydrogens is 697 g/mol. The van der Waals surface area contributed by atoms with Crippen LogP contribution in [0, 0.1) is 27.9 Å². The standard InChI is InChI=1S/C23H31N4O17P3/c1-13(2)21(16-6-5-14(4-3-7-24)8-17(16)27(31)32)40-11-15-10-26(23(30)25-22(15)29)20-9-18(28)19(42-20)12-41-46(36,37)44-47(38,39)43-45(33,34)35/h5-6,8,10,13,18-21,28H,7,9,11-12,24H2,1-2H3,(H,36,37)(H,38,39)(H,25,29,30)(H2,33,34,35)/t18-,19+,20+,21+/m0/s1. The van der Waals surface area contributed by atoms with E-state index in [4.69, 9.17) is 25.0 Å². The summed E-state index contributed by atoms with van der Waals surface area (Å²) in [6.07, 6.45) is -4.35. The Kier molecular flexibility index (Phi) is 12.8. The zero-order chi connectivity index (χ0) is 35.3. The van der Waals surface area contributed by atoms with E-state index in [-0.39, 0.29) is 35.7 Å². The maximum Gasteiger partial charge on any atom is 0.490 e. The molecule has 8 N–H and O–H groups in total. The van der Waals surface area contributed by atoms with Gasteiger partial charge in [-0.05, 0) is 18.1 Å². The second kappa shape index (κ2) is 15.6. The SMILES string of the molecule is CC(C)[C@@H](OCc1cn([C@H]2C[C@H](O)[C@@H](COP(=O)(O)OP(=O)(O)OP(=O)(O)O)O2)c(=O)[nH]c1=O)c1ccc(C#CCN)cc1[N+](=O)[O-]. The molecule has 3 rings (SSSR count). The second-order valence-electron chi connectivity index (χ2n) is 10.2. The van der Waals surface area contributed by atoms with Crippen LogP contribution in [0.2, 0.25) is 0 Å². The minimum atomic E-state index is -5.78. The number of phosphoric ester groups is 1. The minimum Gasteiger partial charge on any atom is -0.390 e. The lowest BCUT2D eigenvalue weighted by Gasteiger charge is -2.22. The first kappa shape index (κ1) is 38.6. The molecule has 6 atom stereocenters. The van der Waals surface area contributed by atoms with Crippen LogP contribution in [0.25, 0.3) is 0 Å². The van der Waals surface area contributed by atoms with Crippen molar-refractivity contribution in [3.05, 3.63) is 72.0 Å². The number of H-pyrrole nitrogens is 1. The molecule has 1 aromatic carbocycles. The van der Waals surface area contributed by atoms with Crippen LogP contribution in [0.4, 0.5) is 5.69 Å². The van der Waals surface area contributed by atoms with E-state index in [1.54, 1.807) is 19.9 Å². The predicted molar refractivity (Wildman–Crippen MR) is 157 cm³/mol. The number of hydrogen-bond donors (Lipinski definition) is 7. The average molecular weight is 728 g/mol. The highest BCUT2D eigenvalue weighted by Gasteiger charge is 2.43. The lowest BCUT2D eigenvalue weighted by atomic mass is 9.96. The summed E-state index contributed by atoms with van der Waals surface area (Å²) in [5.74, 6) is 5.00. The van der Waals surface area contributed by atoms with Gasteiger partial charge in [0.05, 0.1) is 48.0 Å². The molecule has 0 bridgehead atoms. The largest absolute Gasteiger partial charge is 0.490 e. The lowest BCUT2D eigenvalue weighted by molar-refractivity contribution is -0.386. The van der Waals surface area contributed by atoms with Crippen molar-refractivity contribution in [2.75, 3.05) is 13.2 Å². The summed E-state index contributed by atoms with van der Waals surface area (Å²) in [6.45, 7) is 2.10. The zero-order valence-electron chi connectivity index (χ0n) is 24.5.